The molecule has 7 heteroatoms. The quantitative estimate of drug-likeness (QED) is 0.442. The first kappa shape index (κ1) is 19.8. The van der Waals surface area contributed by atoms with E-state index in [9.17, 15) is 19.2 Å². The average Bonchev–Trinajstić information content (AvgIpc) is 2.90. The lowest BCUT2D eigenvalue weighted by Gasteiger charge is -2.38. The highest BCUT2D eigenvalue weighted by Gasteiger charge is 2.35. The summed E-state index contributed by atoms with van der Waals surface area (Å²) < 4.78 is 5.18. The molecule has 0 bridgehead atoms. The molecule has 0 aromatic heterocycles. The number of piperidine rings is 1. The molecular weight excluding hydrogens is 360 g/mol. The smallest absolute Gasteiger partial charge is 0.338 e. The number of rotatable bonds is 5. The van der Waals surface area contributed by atoms with Crippen LogP contribution in [-0.2, 0) is 9.53 Å². The summed E-state index contributed by atoms with van der Waals surface area (Å²) in [5, 5.41) is 0. The molecule has 0 radical (unpaired) electrons. The minimum atomic E-state index is -0.698. The molecule has 1 fully saturated rings. The van der Waals surface area contributed by atoms with Gasteiger partial charge in [-0.2, -0.15) is 0 Å². The van der Waals surface area contributed by atoms with Crippen molar-refractivity contribution in [3.8, 4) is 0 Å². The molecule has 0 saturated carbocycles. The molecule has 0 aliphatic carbocycles. The Balaban J connectivity index is 1.68. The van der Waals surface area contributed by atoms with Crippen LogP contribution in [0.25, 0.3) is 0 Å². The van der Waals surface area contributed by atoms with E-state index in [4.69, 9.17) is 4.74 Å². The molecule has 3 amide bonds. The third kappa shape index (κ3) is 3.56. The van der Waals surface area contributed by atoms with Crippen molar-refractivity contribution in [2.45, 2.75) is 45.2 Å². The highest BCUT2D eigenvalue weighted by atomic mass is 16.5. The van der Waals surface area contributed by atoms with E-state index < -0.39 is 17.8 Å². The van der Waals surface area contributed by atoms with E-state index in [1.807, 2.05) is 13.8 Å². The van der Waals surface area contributed by atoms with E-state index in [0.29, 0.717) is 0 Å². The van der Waals surface area contributed by atoms with Gasteiger partial charge in [0.15, 0.2) is 6.61 Å². The number of nitrogens with zero attached hydrogens (tertiary/aromatic N) is 2. The van der Waals surface area contributed by atoms with Gasteiger partial charge in [-0.25, -0.2) is 4.79 Å². The number of amides is 3. The van der Waals surface area contributed by atoms with Gasteiger partial charge in [0, 0.05) is 18.6 Å². The monoisotopic (exact) mass is 384 g/mol. The summed E-state index contributed by atoms with van der Waals surface area (Å²) >= 11 is 0. The molecule has 0 N–H and O–H groups in total. The number of benzene rings is 1. The van der Waals surface area contributed by atoms with Gasteiger partial charge < -0.3 is 9.64 Å². The molecule has 28 heavy (non-hydrogen) atoms. The summed E-state index contributed by atoms with van der Waals surface area (Å²) in [4.78, 5) is 52.3. The maximum atomic E-state index is 12.5. The zero-order chi connectivity index (χ0) is 20.4. The molecule has 0 spiro atoms. The minimum Gasteiger partial charge on any atom is -0.452 e. The Morgan fingerprint density at radius 3 is 2.43 bits per heavy atom. The maximum Gasteiger partial charge on any atom is 0.338 e. The zero-order valence-corrected chi connectivity index (χ0v) is 16.1. The van der Waals surface area contributed by atoms with Crippen LogP contribution in [0, 0.1) is 0 Å². The number of hydrogen-bond acceptors (Lipinski definition) is 5. The standard InChI is InChI=1S/C21H24N2O5/c1-4-10-22-19(25)16-9-8-15(11-17(16)20(22)26)21(27)28-12-18(24)23-13(2)6-5-7-14(23)3/h4,8-9,11,13-14H,1,5-7,10,12H2,2-3H3/t13-,14-/m0/s1. The van der Waals surface area contributed by atoms with Gasteiger partial charge in [-0.15, -0.1) is 6.58 Å². The van der Waals surface area contributed by atoms with E-state index in [2.05, 4.69) is 6.58 Å². The number of carbonyl (C=O) groups is 4. The summed E-state index contributed by atoms with van der Waals surface area (Å²) in [5.74, 6) is -1.81. The first-order chi connectivity index (χ1) is 13.3. The average molecular weight is 384 g/mol. The number of likely N-dealkylation sites (tertiary alicyclic amines) is 1. The SMILES string of the molecule is C=CCN1C(=O)c2ccc(C(=O)OCC(=O)N3[C@@H](C)CCC[C@@H]3C)cc2C1=O. The molecule has 2 heterocycles. The second-order valence-corrected chi connectivity index (χ2v) is 7.28. The lowest BCUT2D eigenvalue weighted by molar-refractivity contribution is -0.140. The van der Waals surface area contributed by atoms with Crippen LogP contribution in [0.1, 0.15) is 64.2 Å². The molecule has 7 nitrogen and oxygen atoms in total. The molecule has 2 atom stereocenters. The Morgan fingerprint density at radius 2 is 1.79 bits per heavy atom. The van der Waals surface area contributed by atoms with Crippen molar-refractivity contribution in [2.75, 3.05) is 13.2 Å². The highest BCUT2D eigenvalue weighted by Crippen LogP contribution is 2.25. The number of carbonyl (C=O) groups excluding carboxylic acids is 4. The van der Waals surface area contributed by atoms with Crippen molar-refractivity contribution in [1.82, 2.24) is 9.80 Å². The van der Waals surface area contributed by atoms with E-state index in [1.54, 1.807) is 4.90 Å². The Morgan fingerprint density at radius 1 is 1.14 bits per heavy atom. The molecule has 2 aliphatic heterocycles. The normalized spacial score (nSPS) is 21.5. The number of hydrogen-bond donors (Lipinski definition) is 0. The van der Waals surface area contributed by atoms with Crippen molar-refractivity contribution in [2.24, 2.45) is 0 Å². The molecule has 148 valence electrons. The van der Waals surface area contributed by atoms with Crippen LogP contribution in [0.4, 0.5) is 0 Å². The van der Waals surface area contributed by atoms with Crippen LogP contribution in [0.3, 0.4) is 0 Å². The van der Waals surface area contributed by atoms with Gasteiger partial charge in [0.25, 0.3) is 17.7 Å². The first-order valence-corrected chi connectivity index (χ1v) is 9.44. The van der Waals surface area contributed by atoms with E-state index in [1.165, 1.54) is 24.3 Å². The van der Waals surface area contributed by atoms with Gasteiger partial charge in [-0.05, 0) is 51.3 Å². The molecule has 1 aromatic rings. The van der Waals surface area contributed by atoms with Crippen LogP contribution in [0.15, 0.2) is 30.9 Å². The fourth-order valence-corrected chi connectivity index (χ4v) is 3.91. The molecule has 1 saturated heterocycles. The van der Waals surface area contributed by atoms with Crippen molar-refractivity contribution >= 4 is 23.7 Å². The van der Waals surface area contributed by atoms with Crippen molar-refractivity contribution in [1.29, 1.82) is 0 Å². The fraction of sp³-hybridized carbons (Fsp3) is 0.429. The van der Waals surface area contributed by atoms with Gasteiger partial charge in [-0.3, -0.25) is 19.3 Å². The predicted octanol–water partition coefficient (Wildman–Crippen LogP) is 2.41. The maximum absolute atomic E-state index is 12.5. The highest BCUT2D eigenvalue weighted by molar-refractivity contribution is 6.22. The topological polar surface area (TPSA) is 84.0 Å². The largest absolute Gasteiger partial charge is 0.452 e. The second-order valence-electron chi connectivity index (χ2n) is 7.28. The Kier molecular flexibility index (Phi) is 5.63. The number of ether oxygens (including phenoxy) is 1. The van der Waals surface area contributed by atoms with Crippen LogP contribution < -0.4 is 0 Å². The Labute approximate surface area is 163 Å². The van der Waals surface area contributed by atoms with Crippen LogP contribution in [0.5, 0.6) is 0 Å². The van der Waals surface area contributed by atoms with Crippen LogP contribution in [0.2, 0.25) is 0 Å². The van der Waals surface area contributed by atoms with Crippen LogP contribution >= 0.6 is 0 Å². The lowest BCUT2D eigenvalue weighted by atomic mass is 9.97. The third-order valence-corrected chi connectivity index (χ3v) is 5.33. The van der Waals surface area contributed by atoms with Crippen molar-refractivity contribution in [3.05, 3.63) is 47.5 Å². The Bertz CT molecular complexity index is 837. The molecular formula is C21H24N2O5. The van der Waals surface area contributed by atoms with Gasteiger partial charge in [0.1, 0.15) is 0 Å². The minimum absolute atomic E-state index is 0.104. The van der Waals surface area contributed by atoms with E-state index in [0.717, 1.165) is 24.2 Å². The fourth-order valence-electron chi connectivity index (χ4n) is 3.91. The van der Waals surface area contributed by atoms with E-state index in [-0.39, 0.29) is 47.8 Å². The van der Waals surface area contributed by atoms with Gasteiger partial charge in [-0.1, -0.05) is 6.08 Å². The third-order valence-electron chi connectivity index (χ3n) is 5.33. The summed E-state index contributed by atoms with van der Waals surface area (Å²) in [6.07, 6.45) is 4.42. The number of imide groups is 1. The van der Waals surface area contributed by atoms with E-state index >= 15 is 0 Å². The Hall–Kier alpha value is -2.96. The zero-order valence-electron chi connectivity index (χ0n) is 16.1. The first-order valence-electron chi connectivity index (χ1n) is 9.44. The molecule has 0 unspecified atom stereocenters. The lowest BCUT2D eigenvalue weighted by Crippen LogP contribution is -2.49. The molecule has 2 aliphatic rings. The van der Waals surface area contributed by atoms with Gasteiger partial charge in [0.05, 0.1) is 16.7 Å². The summed E-state index contributed by atoms with van der Waals surface area (Å²) in [6.45, 7) is 7.28. The van der Waals surface area contributed by atoms with Crippen LogP contribution in [-0.4, -0.2) is 58.7 Å². The summed E-state index contributed by atoms with van der Waals surface area (Å²) in [6, 6.07) is 4.45. The second kappa shape index (κ2) is 7.96. The molecule has 1 aromatic carbocycles. The van der Waals surface area contributed by atoms with Crippen molar-refractivity contribution in [3.63, 3.8) is 0 Å². The number of fused-ring (bicyclic) bond motifs is 1. The summed E-state index contributed by atoms with van der Waals surface area (Å²) in [5.41, 5.74) is 0.536. The number of esters is 1. The van der Waals surface area contributed by atoms with Crippen molar-refractivity contribution < 1.29 is 23.9 Å². The summed E-state index contributed by atoms with van der Waals surface area (Å²) in [7, 11) is 0. The predicted molar refractivity (Wildman–Crippen MR) is 102 cm³/mol. The molecule has 3 rings (SSSR count). The van der Waals surface area contributed by atoms with Gasteiger partial charge >= 0.3 is 5.97 Å². The van der Waals surface area contributed by atoms with Gasteiger partial charge in [0.2, 0.25) is 0 Å².